The molecular formula is C21H26BrNO3. The Hall–Kier alpha value is -2.01. The van der Waals surface area contributed by atoms with Crippen LogP contribution in [0.15, 0.2) is 48.5 Å². The maximum Gasteiger partial charge on any atom is 0.410 e. The second kappa shape index (κ2) is 9.08. The zero-order valence-electron chi connectivity index (χ0n) is 15.8. The zero-order chi connectivity index (χ0) is 19.2. The quantitative estimate of drug-likeness (QED) is 0.580. The third-order valence-electron chi connectivity index (χ3n) is 3.70. The Morgan fingerprint density at radius 2 is 1.77 bits per heavy atom. The van der Waals surface area contributed by atoms with Crippen LogP contribution in [0.1, 0.15) is 26.3 Å². The van der Waals surface area contributed by atoms with Crippen molar-refractivity contribution in [1.82, 2.24) is 4.90 Å². The molecule has 0 saturated carbocycles. The fourth-order valence-corrected chi connectivity index (χ4v) is 2.80. The van der Waals surface area contributed by atoms with Gasteiger partial charge in [0, 0.05) is 17.9 Å². The van der Waals surface area contributed by atoms with E-state index in [2.05, 4.69) is 40.2 Å². The molecule has 0 atom stereocenters. The molecule has 2 aromatic carbocycles. The number of rotatable bonds is 6. The summed E-state index contributed by atoms with van der Waals surface area (Å²) in [5.41, 5.74) is 2.90. The first-order chi connectivity index (χ1) is 12.3. The Morgan fingerprint density at radius 1 is 1.08 bits per heavy atom. The van der Waals surface area contributed by atoms with Crippen molar-refractivity contribution >= 4 is 22.0 Å². The van der Waals surface area contributed by atoms with E-state index in [4.69, 9.17) is 9.47 Å². The van der Waals surface area contributed by atoms with E-state index >= 15 is 0 Å². The van der Waals surface area contributed by atoms with E-state index in [-0.39, 0.29) is 6.09 Å². The second-order valence-corrected chi connectivity index (χ2v) is 7.63. The lowest BCUT2D eigenvalue weighted by atomic mass is 10.0. The van der Waals surface area contributed by atoms with Gasteiger partial charge in [0.2, 0.25) is 0 Å². The largest absolute Gasteiger partial charge is 0.491 e. The summed E-state index contributed by atoms with van der Waals surface area (Å²) in [6.45, 7) is 6.42. The van der Waals surface area contributed by atoms with Gasteiger partial charge < -0.3 is 14.4 Å². The molecule has 0 unspecified atom stereocenters. The fourth-order valence-electron chi connectivity index (χ4n) is 2.36. The summed E-state index contributed by atoms with van der Waals surface area (Å²) in [6.07, 6.45) is -0.346. The highest BCUT2D eigenvalue weighted by molar-refractivity contribution is 9.08. The van der Waals surface area contributed by atoms with E-state index in [1.165, 1.54) is 10.5 Å². The first-order valence-corrected chi connectivity index (χ1v) is 9.73. The molecule has 0 radical (unpaired) electrons. The van der Waals surface area contributed by atoms with Crippen LogP contribution in [0.5, 0.6) is 5.75 Å². The molecule has 0 N–H and O–H groups in total. The number of ether oxygens (including phenoxy) is 2. The number of hydrogen-bond acceptors (Lipinski definition) is 3. The molecule has 5 heteroatoms. The molecule has 0 aliphatic heterocycles. The number of carbonyl (C=O) groups excluding carboxylic acids is 1. The Labute approximate surface area is 164 Å². The van der Waals surface area contributed by atoms with Crippen molar-refractivity contribution in [3.63, 3.8) is 0 Å². The third kappa shape index (κ3) is 6.06. The minimum atomic E-state index is -0.497. The Morgan fingerprint density at radius 3 is 2.38 bits per heavy atom. The molecule has 0 heterocycles. The third-order valence-corrected chi connectivity index (χ3v) is 4.31. The summed E-state index contributed by atoms with van der Waals surface area (Å²) in [7, 11) is 1.71. The summed E-state index contributed by atoms with van der Waals surface area (Å²) >= 11 is 3.53. The Balaban J connectivity index is 1.96. The lowest BCUT2D eigenvalue weighted by Crippen LogP contribution is -2.36. The Bertz CT molecular complexity index is 726. The van der Waals surface area contributed by atoms with Crippen LogP contribution in [0.2, 0.25) is 0 Å². The van der Waals surface area contributed by atoms with Crippen LogP contribution < -0.4 is 4.74 Å². The van der Waals surface area contributed by atoms with Gasteiger partial charge in [0.15, 0.2) is 0 Å². The van der Waals surface area contributed by atoms with Crippen molar-refractivity contribution in [3.8, 4) is 16.9 Å². The van der Waals surface area contributed by atoms with E-state index in [1.807, 2.05) is 45.0 Å². The van der Waals surface area contributed by atoms with Gasteiger partial charge in [-0.25, -0.2) is 4.79 Å². The Kier molecular flexibility index (Phi) is 7.09. The highest BCUT2D eigenvalue weighted by atomic mass is 79.9. The number of carbonyl (C=O) groups is 1. The molecule has 0 aliphatic carbocycles. The molecule has 4 nitrogen and oxygen atoms in total. The van der Waals surface area contributed by atoms with E-state index in [9.17, 15) is 4.79 Å². The number of hydrogen-bond donors (Lipinski definition) is 0. The highest BCUT2D eigenvalue weighted by Crippen LogP contribution is 2.28. The van der Waals surface area contributed by atoms with E-state index in [1.54, 1.807) is 7.05 Å². The average molecular weight is 420 g/mol. The molecule has 0 aromatic heterocycles. The molecule has 0 fully saturated rings. The van der Waals surface area contributed by atoms with Crippen molar-refractivity contribution in [2.24, 2.45) is 0 Å². The van der Waals surface area contributed by atoms with Crippen molar-refractivity contribution in [3.05, 3.63) is 54.1 Å². The predicted octanol–water partition coefficient (Wildman–Crippen LogP) is 5.49. The second-order valence-electron chi connectivity index (χ2n) is 7.07. The number of likely N-dealkylation sites (N-methyl/N-ethyl adjacent to an activating group) is 1. The molecule has 1 amide bonds. The van der Waals surface area contributed by atoms with Crippen LogP contribution in [0.4, 0.5) is 4.79 Å². The maximum atomic E-state index is 12.0. The number of alkyl halides is 1. The van der Waals surface area contributed by atoms with Crippen molar-refractivity contribution in [1.29, 1.82) is 0 Å². The van der Waals surface area contributed by atoms with Crippen LogP contribution >= 0.6 is 15.9 Å². The SMILES string of the molecule is CN(CCOc1ccc(-c2ccccc2)cc1CBr)C(=O)OC(C)(C)C. The lowest BCUT2D eigenvalue weighted by molar-refractivity contribution is 0.0278. The standard InChI is InChI=1S/C21H26BrNO3/c1-21(2,3)26-20(24)23(4)12-13-25-19-11-10-17(14-18(19)15-22)16-8-6-5-7-9-16/h5-11,14H,12-13,15H2,1-4H3. The molecule has 140 valence electrons. The molecule has 0 saturated heterocycles. The van der Waals surface area contributed by atoms with Gasteiger partial charge in [0.25, 0.3) is 0 Å². The normalized spacial score (nSPS) is 11.1. The monoisotopic (exact) mass is 419 g/mol. The van der Waals surface area contributed by atoms with E-state index in [0.717, 1.165) is 16.9 Å². The van der Waals surface area contributed by atoms with Gasteiger partial charge in [-0.15, -0.1) is 0 Å². The zero-order valence-corrected chi connectivity index (χ0v) is 17.4. The highest BCUT2D eigenvalue weighted by Gasteiger charge is 2.19. The smallest absolute Gasteiger partial charge is 0.410 e. The predicted molar refractivity (Wildman–Crippen MR) is 109 cm³/mol. The summed E-state index contributed by atoms with van der Waals surface area (Å²) < 4.78 is 11.2. The minimum absolute atomic E-state index is 0.346. The van der Waals surface area contributed by atoms with Gasteiger partial charge in [-0.3, -0.25) is 0 Å². The van der Waals surface area contributed by atoms with Gasteiger partial charge >= 0.3 is 6.09 Å². The van der Waals surface area contributed by atoms with Crippen molar-refractivity contribution in [2.75, 3.05) is 20.2 Å². The molecular weight excluding hydrogens is 394 g/mol. The number of halogens is 1. The van der Waals surface area contributed by atoms with Crippen LogP contribution in [0.3, 0.4) is 0 Å². The fraction of sp³-hybridized carbons (Fsp3) is 0.381. The van der Waals surface area contributed by atoms with Crippen LogP contribution in [-0.4, -0.2) is 36.8 Å². The van der Waals surface area contributed by atoms with Gasteiger partial charge in [0.05, 0.1) is 6.54 Å². The molecule has 26 heavy (non-hydrogen) atoms. The first-order valence-electron chi connectivity index (χ1n) is 8.61. The molecule has 2 aromatic rings. The molecule has 0 spiro atoms. The molecule has 0 bridgehead atoms. The number of amides is 1. The van der Waals surface area contributed by atoms with Crippen LogP contribution in [0, 0.1) is 0 Å². The topological polar surface area (TPSA) is 38.8 Å². The first kappa shape index (κ1) is 20.3. The van der Waals surface area contributed by atoms with Crippen molar-refractivity contribution < 1.29 is 14.3 Å². The van der Waals surface area contributed by atoms with E-state index in [0.29, 0.717) is 18.5 Å². The average Bonchev–Trinajstić information content (AvgIpc) is 2.61. The minimum Gasteiger partial charge on any atom is -0.491 e. The number of benzene rings is 2. The maximum absolute atomic E-state index is 12.0. The van der Waals surface area contributed by atoms with Gasteiger partial charge in [0.1, 0.15) is 18.0 Å². The number of nitrogens with zero attached hydrogens (tertiary/aromatic N) is 1. The van der Waals surface area contributed by atoms with Crippen molar-refractivity contribution in [2.45, 2.75) is 31.7 Å². The van der Waals surface area contributed by atoms with Gasteiger partial charge in [-0.1, -0.05) is 52.3 Å². The van der Waals surface area contributed by atoms with Gasteiger partial charge in [-0.05, 0) is 44.0 Å². The summed E-state index contributed by atoms with van der Waals surface area (Å²) in [5, 5.41) is 0.699. The molecule has 0 aliphatic rings. The van der Waals surface area contributed by atoms with Crippen LogP contribution in [0.25, 0.3) is 11.1 Å². The summed E-state index contributed by atoms with van der Waals surface area (Å²) in [6, 6.07) is 16.4. The van der Waals surface area contributed by atoms with Crippen LogP contribution in [-0.2, 0) is 10.1 Å². The van der Waals surface area contributed by atoms with E-state index < -0.39 is 5.60 Å². The molecule has 2 rings (SSSR count). The summed E-state index contributed by atoms with van der Waals surface area (Å²) in [4.78, 5) is 13.5. The summed E-state index contributed by atoms with van der Waals surface area (Å²) in [5.74, 6) is 0.819. The van der Waals surface area contributed by atoms with Gasteiger partial charge in [-0.2, -0.15) is 0 Å². The lowest BCUT2D eigenvalue weighted by Gasteiger charge is -2.24.